The molecule has 0 spiro atoms. The highest BCUT2D eigenvalue weighted by molar-refractivity contribution is 5.97. The minimum atomic E-state index is -0.996. The monoisotopic (exact) mass is 295 g/mol. The Kier molecular flexibility index (Phi) is 6.39. The number of carbonyl (C=O) groups excluding carboxylic acids is 1. The van der Waals surface area contributed by atoms with E-state index in [1.165, 1.54) is 6.20 Å². The Hall–Kier alpha value is -1.85. The second-order valence-electron chi connectivity index (χ2n) is 5.73. The second kappa shape index (κ2) is 7.81. The summed E-state index contributed by atoms with van der Waals surface area (Å²) in [7, 11) is 0. The molecule has 1 heterocycles. The fraction of sp³-hybridized carbons (Fsp3) is 0.667. The molecular formula is C15H25N3O3. The standard InChI is InChI=1S/C15H25N3O3/c1-5-6-7-13(15(20)21)17-14(19)12-8-16-18(11(12)4)9-10(2)3/h8,10,13H,5-7,9H2,1-4H3,(H,17,19)(H,20,21)/t13-/m0/s1. The van der Waals surface area contributed by atoms with Gasteiger partial charge in [0.1, 0.15) is 6.04 Å². The summed E-state index contributed by atoms with van der Waals surface area (Å²) in [5.41, 5.74) is 1.21. The Morgan fingerprint density at radius 1 is 1.43 bits per heavy atom. The van der Waals surface area contributed by atoms with Gasteiger partial charge in [-0.1, -0.05) is 33.6 Å². The average Bonchev–Trinajstić information content (AvgIpc) is 2.75. The van der Waals surface area contributed by atoms with Crippen LogP contribution in [0.25, 0.3) is 0 Å². The van der Waals surface area contributed by atoms with Gasteiger partial charge in [0.05, 0.1) is 11.8 Å². The summed E-state index contributed by atoms with van der Waals surface area (Å²) < 4.78 is 1.78. The molecule has 1 rings (SSSR count). The van der Waals surface area contributed by atoms with E-state index in [1.54, 1.807) is 4.68 Å². The number of hydrogen-bond donors (Lipinski definition) is 2. The normalized spacial score (nSPS) is 12.4. The zero-order valence-electron chi connectivity index (χ0n) is 13.2. The quantitative estimate of drug-likeness (QED) is 0.770. The van der Waals surface area contributed by atoms with E-state index in [4.69, 9.17) is 5.11 Å². The van der Waals surface area contributed by atoms with Gasteiger partial charge in [-0.2, -0.15) is 5.10 Å². The van der Waals surface area contributed by atoms with Crippen molar-refractivity contribution in [3.05, 3.63) is 17.5 Å². The predicted molar refractivity (Wildman–Crippen MR) is 80.2 cm³/mol. The number of carboxylic acids is 1. The summed E-state index contributed by atoms with van der Waals surface area (Å²) in [5, 5.41) is 15.9. The number of carbonyl (C=O) groups is 2. The molecule has 6 heteroatoms. The van der Waals surface area contributed by atoms with E-state index in [-0.39, 0.29) is 5.91 Å². The van der Waals surface area contributed by atoms with Crippen LogP contribution in [0.2, 0.25) is 0 Å². The molecular weight excluding hydrogens is 270 g/mol. The molecule has 6 nitrogen and oxygen atoms in total. The summed E-state index contributed by atoms with van der Waals surface area (Å²) in [4.78, 5) is 23.4. The van der Waals surface area contributed by atoms with Crippen LogP contribution in [0, 0.1) is 12.8 Å². The summed E-state index contributed by atoms with van der Waals surface area (Å²) in [6.45, 7) is 8.70. The summed E-state index contributed by atoms with van der Waals surface area (Å²) in [5.74, 6) is -0.939. The van der Waals surface area contributed by atoms with Gasteiger partial charge in [-0.3, -0.25) is 9.48 Å². The van der Waals surface area contributed by atoms with Gasteiger partial charge in [-0.15, -0.1) is 0 Å². The van der Waals surface area contributed by atoms with Crippen molar-refractivity contribution < 1.29 is 14.7 Å². The lowest BCUT2D eigenvalue weighted by atomic mass is 10.1. The maximum atomic E-state index is 12.2. The van der Waals surface area contributed by atoms with E-state index in [2.05, 4.69) is 24.3 Å². The van der Waals surface area contributed by atoms with Crippen molar-refractivity contribution in [2.45, 2.75) is 59.5 Å². The minimum Gasteiger partial charge on any atom is -0.480 e. The van der Waals surface area contributed by atoms with Crippen LogP contribution < -0.4 is 5.32 Å². The molecule has 0 bridgehead atoms. The molecule has 0 aromatic carbocycles. The first-order chi connectivity index (χ1) is 9.86. The minimum absolute atomic E-state index is 0.369. The molecule has 0 aliphatic heterocycles. The largest absolute Gasteiger partial charge is 0.480 e. The lowest BCUT2D eigenvalue weighted by Gasteiger charge is -2.14. The number of rotatable bonds is 8. The number of nitrogens with zero attached hydrogens (tertiary/aromatic N) is 2. The summed E-state index contributed by atoms with van der Waals surface area (Å²) >= 11 is 0. The highest BCUT2D eigenvalue weighted by Gasteiger charge is 2.22. The van der Waals surface area contributed by atoms with Gasteiger partial charge < -0.3 is 10.4 Å². The van der Waals surface area contributed by atoms with Crippen LogP contribution >= 0.6 is 0 Å². The van der Waals surface area contributed by atoms with Gasteiger partial charge in [0.15, 0.2) is 0 Å². The molecule has 0 radical (unpaired) electrons. The molecule has 1 aromatic heterocycles. The molecule has 0 unspecified atom stereocenters. The van der Waals surface area contributed by atoms with Crippen LogP contribution in [-0.2, 0) is 11.3 Å². The molecule has 0 saturated heterocycles. The van der Waals surface area contributed by atoms with Crippen molar-refractivity contribution in [3.8, 4) is 0 Å². The Labute approximate surface area is 125 Å². The van der Waals surface area contributed by atoms with Crippen LogP contribution in [0.5, 0.6) is 0 Å². The molecule has 2 N–H and O–H groups in total. The molecule has 0 aliphatic rings. The first-order valence-electron chi connectivity index (χ1n) is 7.42. The Bertz CT molecular complexity index is 494. The number of hydrogen-bond acceptors (Lipinski definition) is 3. The second-order valence-corrected chi connectivity index (χ2v) is 5.73. The van der Waals surface area contributed by atoms with Gasteiger partial charge >= 0.3 is 5.97 Å². The van der Waals surface area contributed by atoms with Gasteiger partial charge in [-0.05, 0) is 19.3 Å². The Balaban J connectivity index is 2.78. The number of aromatic nitrogens is 2. The highest BCUT2D eigenvalue weighted by Crippen LogP contribution is 2.11. The fourth-order valence-electron chi connectivity index (χ4n) is 2.10. The number of amides is 1. The lowest BCUT2D eigenvalue weighted by Crippen LogP contribution is -2.40. The van der Waals surface area contributed by atoms with Gasteiger partial charge in [0, 0.05) is 12.2 Å². The van der Waals surface area contributed by atoms with Crippen LogP contribution in [-0.4, -0.2) is 32.8 Å². The third kappa shape index (κ3) is 4.88. The number of carboxylic acid groups (broad SMARTS) is 1. The third-order valence-corrected chi connectivity index (χ3v) is 3.34. The lowest BCUT2D eigenvalue weighted by molar-refractivity contribution is -0.139. The molecule has 1 aromatic rings. The van der Waals surface area contributed by atoms with Gasteiger partial charge in [0.25, 0.3) is 5.91 Å². The van der Waals surface area contributed by atoms with E-state index < -0.39 is 12.0 Å². The van der Waals surface area contributed by atoms with Crippen LogP contribution in [0.3, 0.4) is 0 Å². The molecule has 0 saturated carbocycles. The maximum absolute atomic E-state index is 12.2. The predicted octanol–water partition coefficient (Wildman–Crippen LogP) is 2.22. The number of nitrogens with one attached hydrogen (secondary N) is 1. The van der Waals surface area contributed by atoms with Crippen molar-refractivity contribution in [2.24, 2.45) is 5.92 Å². The molecule has 0 aliphatic carbocycles. The smallest absolute Gasteiger partial charge is 0.326 e. The Morgan fingerprint density at radius 3 is 2.62 bits per heavy atom. The number of aliphatic carboxylic acids is 1. The Morgan fingerprint density at radius 2 is 2.10 bits per heavy atom. The molecule has 21 heavy (non-hydrogen) atoms. The van der Waals surface area contributed by atoms with Crippen LogP contribution in [0.1, 0.15) is 56.1 Å². The van der Waals surface area contributed by atoms with Gasteiger partial charge in [-0.25, -0.2) is 4.79 Å². The maximum Gasteiger partial charge on any atom is 0.326 e. The van der Waals surface area contributed by atoms with Gasteiger partial charge in [0.2, 0.25) is 0 Å². The SMILES string of the molecule is CCCC[C@H](NC(=O)c1cnn(CC(C)C)c1C)C(=O)O. The summed E-state index contributed by atoms with van der Waals surface area (Å²) in [6, 6.07) is -0.842. The van der Waals surface area contributed by atoms with Crippen molar-refractivity contribution in [3.63, 3.8) is 0 Å². The van der Waals surface area contributed by atoms with Crippen molar-refractivity contribution in [1.82, 2.24) is 15.1 Å². The molecule has 1 amide bonds. The van der Waals surface area contributed by atoms with E-state index in [0.717, 1.165) is 25.1 Å². The van der Waals surface area contributed by atoms with Crippen LogP contribution in [0.4, 0.5) is 0 Å². The van der Waals surface area contributed by atoms with E-state index in [9.17, 15) is 9.59 Å². The van der Waals surface area contributed by atoms with E-state index >= 15 is 0 Å². The summed E-state index contributed by atoms with van der Waals surface area (Å²) in [6.07, 6.45) is 3.61. The van der Waals surface area contributed by atoms with Crippen molar-refractivity contribution in [1.29, 1.82) is 0 Å². The zero-order chi connectivity index (χ0) is 16.0. The number of unbranched alkanes of at least 4 members (excludes halogenated alkanes) is 1. The van der Waals surface area contributed by atoms with Crippen LogP contribution in [0.15, 0.2) is 6.20 Å². The van der Waals surface area contributed by atoms with Crippen molar-refractivity contribution in [2.75, 3.05) is 0 Å². The van der Waals surface area contributed by atoms with E-state index in [1.807, 2.05) is 13.8 Å². The fourth-order valence-corrected chi connectivity index (χ4v) is 2.10. The molecule has 0 fully saturated rings. The molecule has 1 atom stereocenters. The topological polar surface area (TPSA) is 84.2 Å². The molecule has 118 valence electrons. The van der Waals surface area contributed by atoms with E-state index in [0.29, 0.717) is 17.9 Å². The average molecular weight is 295 g/mol. The van der Waals surface area contributed by atoms with Crippen molar-refractivity contribution >= 4 is 11.9 Å². The zero-order valence-corrected chi connectivity index (χ0v) is 13.2. The third-order valence-electron chi connectivity index (χ3n) is 3.34. The highest BCUT2D eigenvalue weighted by atomic mass is 16.4. The first kappa shape index (κ1) is 17.2. The first-order valence-corrected chi connectivity index (χ1v) is 7.42.